The molecule has 3 aromatic rings. The van der Waals surface area contributed by atoms with Crippen LogP contribution in [0.2, 0.25) is 0 Å². The van der Waals surface area contributed by atoms with Gasteiger partial charge in [0, 0.05) is 11.3 Å². The molecule has 0 spiro atoms. The molecule has 1 aromatic heterocycles. The van der Waals surface area contributed by atoms with Crippen LogP contribution in [0.1, 0.15) is 31.9 Å². The number of carbonyl (C=O) groups excluding carboxylic acids is 1. The maximum Gasteiger partial charge on any atom is 0.207 e. The van der Waals surface area contributed by atoms with E-state index in [9.17, 15) is 4.79 Å². The number of benzene rings is 2. The lowest BCUT2D eigenvalue weighted by atomic mass is 10.0. The van der Waals surface area contributed by atoms with Gasteiger partial charge in [0.05, 0.1) is 0 Å². The molecular formula is C19H19N3OS. The zero-order valence-electron chi connectivity index (χ0n) is 13.9. The second-order valence-corrected chi connectivity index (χ2v) is 6.87. The molecule has 0 aliphatic carbocycles. The number of hydrogen-bond acceptors (Lipinski definition) is 5. The minimum absolute atomic E-state index is 0.0835. The molecule has 0 saturated carbocycles. The van der Waals surface area contributed by atoms with Gasteiger partial charge in [0.1, 0.15) is 10.7 Å². The fourth-order valence-corrected chi connectivity index (χ4v) is 3.44. The highest BCUT2D eigenvalue weighted by Crippen LogP contribution is 2.30. The number of nitrogens with zero attached hydrogens (tertiary/aromatic N) is 1. The molecule has 5 heteroatoms. The van der Waals surface area contributed by atoms with Crippen LogP contribution < -0.4 is 11.1 Å². The van der Waals surface area contributed by atoms with Crippen LogP contribution in [-0.4, -0.2) is 10.8 Å². The van der Waals surface area contributed by atoms with Crippen LogP contribution in [-0.2, 0) is 0 Å². The van der Waals surface area contributed by atoms with Crippen molar-refractivity contribution < 1.29 is 4.79 Å². The normalized spacial score (nSPS) is 10.6. The van der Waals surface area contributed by atoms with Gasteiger partial charge in [0.2, 0.25) is 5.78 Å². The first kappa shape index (κ1) is 16.2. The molecule has 0 amide bonds. The average Bonchev–Trinajstić information content (AvgIpc) is 2.87. The van der Waals surface area contributed by atoms with E-state index >= 15 is 0 Å². The first-order chi connectivity index (χ1) is 11.4. The van der Waals surface area contributed by atoms with E-state index in [1.165, 1.54) is 11.3 Å². The van der Waals surface area contributed by atoms with Crippen molar-refractivity contribution in [3.63, 3.8) is 0 Å². The highest BCUT2D eigenvalue weighted by atomic mass is 32.1. The summed E-state index contributed by atoms with van der Waals surface area (Å²) in [7, 11) is 0. The van der Waals surface area contributed by atoms with E-state index in [-0.39, 0.29) is 11.6 Å². The van der Waals surface area contributed by atoms with E-state index in [2.05, 4.69) is 10.3 Å². The second-order valence-electron chi connectivity index (χ2n) is 5.88. The standard InChI is InChI=1S/C19H19N3OS/c1-11-5-4-6-14(10-11)21-19-22-18(20)17(24-19)16(23)15-8-7-12(2)9-13(15)3/h4-10H,20H2,1-3H3,(H,21,22). The quantitative estimate of drug-likeness (QED) is 0.681. The molecule has 0 atom stereocenters. The summed E-state index contributed by atoms with van der Waals surface area (Å²) in [6.45, 7) is 5.96. The molecule has 24 heavy (non-hydrogen) atoms. The monoisotopic (exact) mass is 337 g/mol. The van der Waals surface area contributed by atoms with Crippen LogP contribution in [0.5, 0.6) is 0 Å². The van der Waals surface area contributed by atoms with E-state index in [1.54, 1.807) is 0 Å². The minimum atomic E-state index is -0.0835. The summed E-state index contributed by atoms with van der Waals surface area (Å²) in [5.74, 6) is 0.180. The number of anilines is 3. The zero-order valence-corrected chi connectivity index (χ0v) is 14.7. The summed E-state index contributed by atoms with van der Waals surface area (Å²) < 4.78 is 0. The van der Waals surface area contributed by atoms with Gasteiger partial charge in [0.25, 0.3) is 0 Å². The Balaban J connectivity index is 1.89. The average molecular weight is 337 g/mol. The van der Waals surface area contributed by atoms with Crippen molar-refractivity contribution in [1.82, 2.24) is 4.98 Å². The number of hydrogen-bond donors (Lipinski definition) is 2. The first-order valence-electron chi connectivity index (χ1n) is 7.66. The second kappa shape index (κ2) is 6.45. The van der Waals surface area contributed by atoms with Crippen LogP contribution >= 0.6 is 11.3 Å². The molecule has 122 valence electrons. The van der Waals surface area contributed by atoms with Gasteiger partial charge in [-0.25, -0.2) is 4.98 Å². The summed E-state index contributed by atoms with van der Waals surface area (Å²) in [4.78, 5) is 17.5. The molecule has 0 aliphatic heterocycles. The van der Waals surface area contributed by atoms with Gasteiger partial charge in [-0.15, -0.1) is 0 Å². The van der Waals surface area contributed by atoms with Crippen molar-refractivity contribution in [2.45, 2.75) is 20.8 Å². The molecule has 3 rings (SSSR count). The van der Waals surface area contributed by atoms with Crippen LogP contribution in [0.15, 0.2) is 42.5 Å². The van der Waals surface area contributed by atoms with Crippen LogP contribution in [0, 0.1) is 20.8 Å². The van der Waals surface area contributed by atoms with Crippen LogP contribution in [0.25, 0.3) is 0 Å². The Morgan fingerprint density at radius 2 is 1.83 bits per heavy atom. The van der Waals surface area contributed by atoms with E-state index in [4.69, 9.17) is 5.73 Å². The molecule has 3 N–H and O–H groups in total. The predicted molar refractivity (Wildman–Crippen MR) is 100 cm³/mol. The molecule has 2 aromatic carbocycles. The number of rotatable bonds is 4. The number of aromatic nitrogens is 1. The Morgan fingerprint density at radius 3 is 2.54 bits per heavy atom. The maximum atomic E-state index is 12.8. The predicted octanol–water partition coefficient (Wildman–Crippen LogP) is 4.63. The van der Waals surface area contributed by atoms with Crippen LogP contribution in [0.3, 0.4) is 0 Å². The lowest BCUT2D eigenvalue weighted by Gasteiger charge is -2.04. The Kier molecular flexibility index (Phi) is 4.36. The number of carbonyl (C=O) groups is 1. The Labute approximate surface area is 145 Å². The van der Waals surface area contributed by atoms with E-state index in [0.717, 1.165) is 22.4 Å². The summed E-state index contributed by atoms with van der Waals surface area (Å²) in [6.07, 6.45) is 0. The van der Waals surface area contributed by atoms with Gasteiger partial charge in [-0.2, -0.15) is 0 Å². The van der Waals surface area contributed by atoms with Crippen LogP contribution in [0.4, 0.5) is 16.6 Å². The van der Waals surface area contributed by atoms with E-state index in [0.29, 0.717) is 15.6 Å². The third-order valence-corrected chi connectivity index (χ3v) is 4.74. The number of nitrogens with one attached hydrogen (secondary N) is 1. The molecule has 0 unspecified atom stereocenters. The molecule has 0 radical (unpaired) electrons. The molecule has 0 fully saturated rings. The summed E-state index contributed by atoms with van der Waals surface area (Å²) >= 11 is 1.28. The van der Waals surface area contributed by atoms with E-state index in [1.807, 2.05) is 63.2 Å². The zero-order chi connectivity index (χ0) is 17.3. The fraction of sp³-hybridized carbons (Fsp3) is 0.158. The Hall–Kier alpha value is -2.66. The SMILES string of the molecule is Cc1cccc(Nc2nc(N)c(C(=O)c3ccc(C)cc3C)s2)c1. The van der Waals surface area contributed by atoms with Gasteiger partial charge in [0.15, 0.2) is 5.13 Å². The maximum absolute atomic E-state index is 12.8. The van der Waals surface area contributed by atoms with E-state index < -0.39 is 0 Å². The topological polar surface area (TPSA) is 68.0 Å². The first-order valence-corrected chi connectivity index (χ1v) is 8.47. The molecule has 1 heterocycles. The highest BCUT2D eigenvalue weighted by Gasteiger charge is 2.19. The molecule has 0 bridgehead atoms. The van der Waals surface area contributed by atoms with Crippen molar-refractivity contribution in [2.75, 3.05) is 11.1 Å². The third kappa shape index (κ3) is 3.31. The number of aryl methyl sites for hydroxylation is 3. The van der Waals surface area contributed by atoms with Crippen molar-refractivity contribution in [3.8, 4) is 0 Å². The van der Waals surface area contributed by atoms with Crippen molar-refractivity contribution in [3.05, 3.63) is 69.6 Å². The summed E-state index contributed by atoms with van der Waals surface area (Å²) in [5.41, 5.74) is 10.8. The molecule has 0 saturated heterocycles. The van der Waals surface area contributed by atoms with Gasteiger partial charge < -0.3 is 11.1 Å². The minimum Gasteiger partial charge on any atom is -0.382 e. The summed E-state index contributed by atoms with van der Waals surface area (Å²) in [5, 5.41) is 3.83. The Morgan fingerprint density at radius 1 is 1.08 bits per heavy atom. The smallest absolute Gasteiger partial charge is 0.207 e. The molecule has 0 aliphatic rings. The van der Waals surface area contributed by atoms with Crippen molar-refractivity contribution in [2.24, 2.45) is 0 Å². The Bertz CT molecular complexity index is 915. The van der Waals surface area contributed by atoms with Crippen molar-refractivity contribution >= 4 is 33.8 Å². The largest absolute Gasteiger partial charge is 0.382 e. The number of thiazole rings is 1. The molecule has 4 nitrogen and oxygen atoms in total. The lowest BCUT2D eigenvalue weighted by Crippen LogP contribution is -2.04. The number of nitrogen functional groups attached to an aromatic ring is 1. The van der Waals surface area contributed by atoms with Gasteiger partial charge >= 0.3 is 0 Å². The van der Waals surface area contributed by atoms with Gasteiger partial charge in [-0.3, -0.25) is 4.79 Å². The number of ketones is 1. The van der Waals surface area contributed by atoms with Gasteiger partial charge in [-0.05, 0) is 44.0 Å². The number of nitrogens with two attached hydrogens (primary N) is 1. The fourth-order valence-electron chi connectivity index (χ4n) is 2.59. The molecular weight excluding hydrogens is 318 g/mol. The summed E-state index contributed by atoms with van der Waals surface area (Å²) in [6, 6.07) is 13.7. The lowest BCUT2D eigenvalue weighted by molar-refractivity contribution is 0.104. The highest BCUT2D eigenvalue weighted by molar-refractivity contribution is 7.18. The van der Waals surface area contributed by atoms with Crippen molar-refractivity contribution in [1.29, 1.82) is 0 Å². The van der Waals surface area contributed by atoms with Gasteiger partial charge in [-0.1, -0.05) is 47.2 Å². The third-order valence-electron chi connectivity index (χ3n) is 3.76.